The van der Waals surface area contributed by atoms with Crippen LogP contribution >= 0.6 is 12.4 Å². The number of halogens is 2. The van der Waals surface area contributed by atoms with Crippen LogP contribution in [0.4, 0.5) is 10.1 Å². The quantitative estimate of drug-likeness (QED) is 0.882. The van der Waals surface area contributed by atoms with E-state index < -0.39 is 11.7 Å². The Bertz CT molecular complexity index is 539. The van der Waals surface area contributed by atoms with Crippen LogP contribution < -0.4 is 10.6 Å². The second kappa shape index (κ2) is 7.38. The lowest BCUT2D eigenvalue weighted by Crippen LogP contribution is -2.39. The zero-order chi connectivity index (χ0) is 14.7. The third-order valence-corrected chi connectivity index (χ3v) is 3.43. The van der Waals surface area contributed by atoms with Gasteiger partial charge < -0.3 is 15.5 Å². The van der Waals surface area contributed by atoms with Gasteiger partial charge in [0, 0.05) is 32.2 Å². The number of rotatable bonds is 4. The van der Waals surface area contributed by atoms with Crippen molar-refractivity contribution in [2.75, 3.05) is 32.5 Å². The number of anilines is 1. The van der Waals surface area contributed by atoms with Gasteiger partial charge in [0.1, 0.15) is 5.82 Å². The topological polar surface area (TPSA) is 61.4 Å². The Hall–Kier alpha value is -1.66. The summed E-state index contributed by atoms with van der Waals surface area (Å²) in [5, 5.41) is 5.57. The fraction of sp³-hybridized carbons (Fsp3) is 0.429. The van der Waals surface area contributed by atoms with Crippen molar-refractivity contribution in [2.24, 2.45) is 0 Å². The van der Waals surface area contributed by atoms with Crippen molar-refractivity contribution in [3.63, 3.8) is 0 Å². The fourth-order valence-electron chi connectivity index (χ4n) is 2.31. The maximum atomic E-state index is 13.2. The summed E-state index contributed by atoms with van der Waals surface area (Å²) in [5.41, 5.74) is 1.06. The van der Waals surface area contributed by atoms with Crippen molar-refractivity contribution in [3.8, 4) is 0 Å². The Balaban J connectivity index is 0.00000220. The molecule has 0 aliphatic carbocycles. The normalized spacial score (nSPS) is 16.5. The predicted octanol–water partition coefficient (Wildman–Crippen LogP) is 1.35. The number of likely N-dealkylation sites (N-methyl/N-ethyl adjacent to an activating group) is 2. The van der Waals surface area contributed by atoms with E-state index in [1.54, 1.807) is 18.0 Å². The van der Waals surface area contributed by atoms with Crippen molar-refractivity contribution < 1.29 is 14.0 Å². The van der Waals surface area contributed by atoms with Crippen molar-refractivity contribution in [3.05, 3.63) is 29.6 Å². The Morgan fingerprint density at radius 1 is 1.52 bits per heavy atom. The number of benzene rings is 1. The van der Waals surface area contributed by atoms with Crippen LogP contribution in [-0.2, 0) is 9.59 Å². The molecule has 2 N–H and O–H groups in total. The van der Waals surface area contributed by atoms with E-state index in [1.807, 2.05) is 7.05 Å². The molecular formula is C14H19ClFN3O2. The first-order valence-electron chi connectivity index (χ1n) is 6.52. The number of nitrogens with zero attached hydrogens (tertiary/aromatic N) is 1. The van der Waals surface area contributed by atoms with Gasteiger partial charge in [-0.05, 0) is 24.7 Å². The highest BCUT2D eigenvalue weighted by molar-refractivity contribution is 6.01. The first-order valence-corrected chi connectivity index (χ1v) is 6.52. The van der Waals surface area contributed by atoms with Crippen LogP contribution in [-0.4, -0.2) is 43.9 Å². The van der Waals surface area contributed by atoms with Gasteiger partial charge in [-0.25, -0.2) is 4.39 Å². The molecule has 21 heavy (non-hydrogen) atoms. The lowest BCUT2D eigenvalue weighted by Gasteiger charge is -2.28. The van der Waals surface area contributed by atoms with Crippen molar-refractivity contribution in [1.82, 2.24) is 10.2 Å². The molecule has 0 saturated heterocycles. The molecule has 0 radical (unpaired) electrons. The summed E-state index contributed by atoms with van der Waals surface area (Å²) >= 11 is 0. The number of hydrogen-bond acceptors (Lipinski definition) is 3. The van der Waals surface area contributed by atoms with E-state index in [9.17, 15) is 14.0 Å². The lowest BCUT2D eigenvalue weighted by atomic mass is 9.89. The molecule has 0 fully saturated rings. The molecule has 0 saturated carbocycles. The van der Waals surface area contributed by atoms with E-state index in [-0.39, 0.29) is 30.6 Å². The molecule has 1 aliphatic rings. The van der Waals surface area contributed by atoms with Gasteiger partial charge in [-0.3, -0.25) is 9.59 Å². The Kier molecular flexibility index (Phi) is 6.11. The molecule has 1 atom stereocenters. The average Bonchev–Trinajstić information content (AvgIpc) is 2.42. The van der Waals surface area contributed by atoms with Gasteiger partial charge in [0.15, 0.2) is 0 Å². The van der Waals surface area contributed by atoms with E-state index in [0.29, 0.717) is 24.3 Å². The predicted molar refractivity (Wildman–Crippen MR) is 81.2 cm³/mol. The van der Waals surface area contributed by atoms with Gasteiger partial charge in [-0.2, -0.15) is 0 Å². The summed E-state index contributed by atoms with van der Waals surface area (Å²) in [6, 6.07) is 4.13. The van der Waals surface area contributed by atoms with Crippen molar-refractivity contribution in [2.45, 2.75) is 12.3 Å². The number of hydrogen-bond donors (Lipinski definition) is 2. The molecule has 2 rings (SSSR count). The minimum absolute atomic E-state index is 0. The third-order valence-electron chi connectivity index (χ3n) is 3.43. The summed E-state index contributed by atoms with van der Waals surface area (Å²) in [6.45, 7) is 1.24. The molecule has 5 nitrogen and oxygen atoms in total. The highest BCUT2D eigenvalue weighted by Crippen LogP contribution is 2.33. The molecule has 116 valence electrons. The van der Waals surface area contributed by atoms with E-state index >= 15 is 0 Å². The van der Waals surface area contributed by atoms with Gasteiger partial charge in [-0.1, -0.05) is 6.07 Å². The Morgan fingerprint density at radius 2 is 2.24 bits per heavy atom. The molecule has 1 unspecified atom stereocenters. The van der Waals surface area contributed by atoms with Gasteiger partial charge in [-0.15, -0.1) is 12.4 Å². The number of fused-ring (bicyclic) bond motifs is 1. The van der Waals surface area contributed by atoms with Crippen LogP contribution in [0.25, 0.3) is 0 Å². The summed E-state index contributed by atoms with van der Waals surface area (Å²) in [5.74, 6) is -1.35. The van der Waals surface area contributed by atoms with E-state index in [4.69, 9.17) is 0 Å². The smallest absolute Gasteiger partial charge is 0.230 e. The Labute approximate surface area is 129 Å². The van der Waals surface area contributed by atoms with Crippen LogP contribution in [0.15, 0.2) is 18.2 Å². The standard InChI is InChI=1S/C14H18FN3O2.ClH/c1-16-5-6-18(2)14(20)11-8-13(19)17-12-7-9(15)3-4-10(11)12;/h3-4,7,11,16H,5-6,8H2,1-2H3,(H,17,19);1H. The zero-order valence-electron chi connectivity index (χ0n) is 12.0. The summed E-state index contributed by atoms with van der Waals surface area (Å²) in [4.78, 5) is 25.7. The van der Waals surface area contributed by atoms with Crippen LogP contribution in [0.2, 0.25) is 0 Å². The minimum atomic E-state index is -0.541. The molecule has 0 bridgehead atoms. The van der Waals surface area contributed by atoms with Crippen LogP contribution in [0, 0.1) is 5.82 Å². The first-order chi connectivity index (χ1) is 9.52. The van der Waals surface area contributed by atoms with Gasteiger partial charge in [0.2, 0.25) is 11.8 Å². The number of nitrogens with one attached hydrogen (secondary N) is 2. The summed E-state index contributed by atoms with van der Waals surface area (Å²) in [6.07, 6.45) is 0.0986. The van der Waals surface area contributed by atoms with Crippen LogP contribution in [0.5, 0.6) is 0 Å². The van der Waals surface area contributed by atoms with Gasteiger partial charge in [0.05, 0.1) is 5.92 Å². The first kappa shape index (κ1) is 17.4. The van der Waals surface area contributed by atoms with E-state index in [0.717, 1.165) is 0 Å². The fourth-order valence-corrected chi connectivity index (χ4v) is 2.31. The minimum Gasteiger partial charge on any atom is -0.344 e. The van der Waals surface area contributed by atoms with Crippen LogP contribution in [0.3, 0.4) is 0 Å². The lowest BCUT2D eigenvalue weighted by molar-refractivity contribution is -0.133. The second-order valence-corrected chi connectivity index (χ2v) is 4.90. The summed E-state index contributed by atoms with van der Waals surface area (Å²) in [7, 11) is 3.51. The van der Waals surface area contributed by atoms with Crippen molar-refractivity contribution in [1.29, 1.82) is 0 Å². The maximum Gasteiger partial charge on any atom is 0.230 e. The monoisotopic (exact) mass is 315 g/mol. The van der Waals surface area contributed by atoms with Gasteiger partial charge in [0.25, 0.3) is 0 Å². The maximum absolute atomic E-state index is 13.2. The van der Waals surface area contributed by atoms with Crippen LogP contribution in [0.1, 0.15) is 17.9 Å². The molecule has 1 aromatic carbocycles. The Morgan fingerprint density at radius 3 is 2.90 bits per heavy atom. The molecular weight excluding hydrogens is 297 g/mol. The average molecular weight is 316 g/mol. The molecule has 0 spiro atoms. The van der Waals surface area contributed by atoms with E-state index in [2.05, 4.69) is 10.6 Å². The largest absolute Gasteiger partial charge is 0.344 e. The molecule has 2 amide bonds. The van der Waals surface area contributed by atoms with Gasteiger partial charge >= 0.3 is 0 Å². The van der Waals surface area contributed by atoms with E-state index in [1.165, 1.54) is 12.1 Å². The number of amides is 2. The molecule has 1 aliphatic heterocycles. The number of carbonyl (C=O) groups is 2. The highest BCUT2D eigenvalue weighted by atomic mass is 35.5. The SMILES string of the molecule is CNCCN(C)C(=O)C1CC(=O)Nc2cc(F)ccc21.Cl. The molecule has 7 heteroatoms. The summed E-state index contributed by atoms with van der Waals surface area (Å²) < 4.78 is 13.2. The molecule has 1 aromatic rings. The molecule has 1 heterocycles. The van der Waals surface area contributed by atoms with Crippen molar-refractivity contribution >= 4 is 29.9 Å². The zero-order valence-corrected chi connectivity index (χ0v) is 12.8. The third kappa shape index (κ3) is 3.92. The second-order valence-electron chi connectivity index (χ2n) is 4.90. The molecule has 0 aromatic heterocycles. The number of carbonyl (C=O) groups excluding carboxylic acids is 2. The highest BCUT2D eigenvalue weighted by Gasteiger charge is 2.32.